The van der Waals surface area contributed by atoms with Crippen LogP contribution in [-0.2, 0) is 4.79 Å². The predicted molar refractivity (Wildman–Crippen MR) is 105 cm³/mol. The summed E-state index contributed by atoms with van der Waals surface area (Å²) in [5, 5.41) is 2.85. The summed E-state index contributed by atoms with van der Waals surface area (Å²) < 4.78 is 12.1. The molecule has 0 atom stereocenters. The molecule has 0 bridgehead atoms. The summed E-state index contributed by atoms with van der Waals surface area (Å²) in [6.45, 7) is 8.10. The molecule has 25 heavy (non-hydrogen) atoms. The SMILES string of the molecule is COc1ccc(C)cc1NC(=O)COc1cc(C)c(Br)cc1C(C)C. The smallest absolute Gasteiger partial charge is 0.262 e. The molecule has 0 aliphatic rings. The topological polar surface area (TPSA) is 47.6 Å². The van der Waals surface area contributed by atoms with E-state index < -0.39 is 0 Å². The molecule has 0 aliphatic heterocycles. The number of nitrogens with one attached hydrogen (secondary N) is 1. The predicted octanol–water partition coefficient (Wildman–Crippen LogP) is 5.22. The highest BCUT2D eigenvalue weighted by Crippen LogP contribution is 2.32. The van der Waals surface area contributed by atoms with E-state index in [4.69, 9.17) is 9.47 Å². The third-order valence-corrected chi connectivity index (χ3v) is 4.76. The van der Waals surface area contributed by atoms with Gasteiger partial charge in [0.15, 0.2) is 6.61 Å². The average molecular weight is 406 g/mol. The maximum Gasteiger partial charge on any atom is 0.262 e. The maximum atomic E-state index is 12.3. The summed E-state index contributed by atoms with van der Waals surface area (Å²) in [6, 6.07) is 9.65. The van der Waals surface area contributed by atoms with E-state index in [2.05, 4.69) is 41.2 Å². The highest BCUT2D eigenvalue weighted by molar-refractivity contribution is 9.10. The Bertz CT molecular complexity index is 772. The fourth-order valence-electron chi connectivity index (χ4n) is 2.50. The minimum atomic E-state index is -0.223. The van der Waals surface area contributed by atoms with E-state index in [1.54, 1.807) is 7.11 Å². The molecule has 0 saturated heterocycles. The molecule has 4 nitrogen and oxygen atoms in total. The number of rotatable bonds is 6. The van der Waals surface area contributed by atoms with Gasteiger partial charge in [0.25, 0.3) is 5.91 Å². The van der Waals surface area contributed by atoms with E-state index in [9.17, 15) is 4.79 Å². The Morgan fingerprint density at radius 2 is 1.88 bits per heavy atom. The summed E-state index contributed by atoms with van der Waals surface area (Å²) in [5.41, 5.74) is 3.83. The third kappa shape index (κ3) is 4.98. The van der Waals surface area contributed by atoms with Crippen LogP contribution in [0.3, 0.4) is 0 Å². The largest absolute Gasteiger partial charge is 0.495 e. The van der Waals surface area contributed by atoms with Gasteiger partial charge in [-0.25, -0.2) is 0 Å². The number of ether oxygens (including phenoxy) is 2. The zero-order chi connectivity index (χ0) is 18.6. The first kappa shape index (κ1) is 19.3. The van der Waals surface area contributed by atoms with Crippen molar-refractivity contribution in [1.29, 1.82) is 0 Å². The Hall–Kier alpha value is -2.01. The van der Waals surface area contributed by atoms with Gasteiger partial charge in [-0.2, -0.15) is 0 Å². The van der Waals surface area contributed by atoms with Crippen LogP contribution in [0.25, 0.3) is 0 Å². The van der Waals surface area contributed by atoms with Gasteiger partial charge in [-0.1, -0.05) is 35.8 Å². The van der Waals surface area contributed by atoms with E-state index in [1.807, 2.05) is 38.1 Å². The lowest BCUT2D eigenvalue weighted by Crippen LogP contribution is -2.21. The Balaban J connectivity index is 2.11. The minimum Gasteiger partial charge on any atom is -0.495 e. The number of methoxy groups -OCH3 is 1. The van der Waals surface area contributed by atoms with Gasteiger partial charge in [0.05, 0.1) is 12.8 Å². The molecule has 0 spiro atoms. The fraction of sp³-hybridized carbons (Fsp3) is 0.350. The van der Waals surface area contributed by atoms with Crippen LogP contribution in [0, 0.1) is 13.8 Å². The Morgan fingerprint density at radius 3 is 2.52 bits per heavy atom. The van der Waals surface area contributed by atoms with Crippen LogP contribution in [0.5, 0.6) is 11.5 Å². The van der Waals surface area contributed by atoms with E-state index in [1.165, 1.54) is 0 Å². The normalized spacial score (nSPS) is 10.7. The molecule has 2 aromatic rings. The van der Waals surface area contributed by atoms with Crippen LogP contribution in [-0.4, -0.2) is 19.6 Å². The van der Waals surface area contributed by atoms with Crippen molar-refractivity contribution in [2.24, 2.45) is 0 Å². The molecule has 1 amide bonds. The monoisotopic (exact) mass is 405 g/mol. The van der Waals surface area contributed by atoms with Crippen molar-refractivity contribution >= 4 is 27.5 Å². The first-order valence-corrected chi connectivity index (χ1v) is 8.98. The van der Waals surface area contributed by atoms with Gasteiger partial charge in [0.2, 0.25) is 0 Å². The second kappa shape index (κ2) is 8.39. The Morgan fingerprint density at radius 1 is 1.16 bits per heavy atom. The highest BCUT2D eigenvalue weighted by Gasteiger charge is 2.13. The highest BCUT2D eigenvalue weighted by atomic mass is 79.9. The number of carbonyl (C=O) groups is 1. The van der Waals surface area contributed by atoms with Crippen molar-refractivity contribution in [2.45, 2.75) is 33.6 Å². The lowest BCUT2D eigenvalue weighted by atomic mass is 10.0. The van der Waals surface area contributed by atoms with Gasteiger partial charge >= 0.3 is 0 Å². The van der Waals surface area contributed by atoms with Crippen molar-refractivity contribution < 1.29 is 14.3 Å². The molecule has 0 unspecified atom stereocenters. The van der Waals surface area contributed by atoms with Crippen LogP contribution in [0.1, 0.15) is 36.5 Å². The molecule has 5 heteroatoms. The zero-order valence-corrected chi connectivity index (χ0v) is 16.9. The zero-order valence-electron chi connectivity index (χ0n) is 15.3. The van der Waals surface area contributed by atoms with Crippen LogP contribution >= 0.6 is 15.9 Å². The number of hydrogen-bond acceptors (Lipinski definition) is 3. The molecular weight excluding hydrogens is 382 g/mol. The summed E-state index contributed by atoms with van der Waals surface area (Å²) in [7, 11) is 1.58. The van der Waals surface area contributed by atoms with Gasteiger partial charge in [0.1, 0.15) is 11.5 Å². The van der Waals surface area contributed by atoms with Crippen LogP contribution < -0.4 is 14.8 Å². The molecule has 0 fully saturated rings. The molecule has 0 saturated carbocycles. The van der Waals surface area contributed by atoms with Crippen LogP contribution in [0.2, 0.25) is 0 Å². The molecule has 0 aromatic heterocycles. The molecular formula is C20H24BrNO3. The van der Waals surface area contributed by atoms with E-state index in [0.29, 0.717) is 17.4 Å². The second-order valence-corrected chi connectivity index (χ2v) is 7.19. The summed E-state index contributed by atoms with van der Waals surface area (Å²) >= 11 is 3.55. The van der Waals surface area contributed by atoms with Crippen molar-refractivity contribution in [3.63, 3.8) is 0 Å². The number of halogens is 1. The Kier molecular flexibility index (Phi) is 6.48. The number of anilines is 1. The lowest BCUT2D eigenvalue weighted by Gasteiger charge is -2.16. The molecule has 134 valence electrons. The van der Waals surface area contributed by atoms with Crippen molar-refractivity contribution in [3.8, 4) is 11.5 Å². The molecule has 2 rings (SSSR count). The van der Waals surface area contributed by atoms with Gasteiger partial charge in [-0.3, -0.25) is 4.79 Å². The maximum absolute atomic E-state index is 12.3. The number of hydrogen-bond donors (Lipinski definition) is 1. The second-order valence-electron chi connectivity index (χ2n) is 6.33. The number of aryl methyl sites for hydroxylation is 2. The van der Waals surface area contributed by atoms with Crippen molar-refractivity contribution in [3.05, 3.63) is 51.5 Å². The van der Waals surface area contributed by atoms with Gasteiger partial charge in [0, 0.05) is 4.47 Å². The van der Waals surface area contributed by atoms with Crippen molar-refractivity contribution in [2.75, 3.05) is 19.0 Å². The summed E-state index contributed by atoms with van der Waals surface area (Å²) in [4.78, 5) is 12.3. The van der Waals surface area contributed by atoms with Crippen molar-refractivity contribution in [1.82, 2.24) is 0 Å². The molecule has 1 N–H and O–H groups in total. The number of amides is 1. The molecule has 0 heterocycles. The summed E-state index contributed by atoms with van der Waals surface area (Å²) in [5.74, 6) is 1.44. The average Bonchev–Trinajstić information content (AvgIpc) is 2.55. The Labute approximate surface area is 157 Å². The first-order valence-electron chi connectivity index (χ1n) is 8.19. The molecule has 0 aliphatic carbocycles. The third-order valence-electron chi connectivity index (χ3n) is 3.90. The van der Waals surface area contributed by atoms with Crippen LogP contribution in [0.15, 0.2) is 34.8 Å². The lowest BCUT2D eigenvalue weighted by molar-refractivity contribution is -0.118. The van der Waals surface area contributed by atoms with Gasteiger partial charge < -0.3 is 14.8 Å². The first-order chi connectivity index (χ1) is 11.8. The van der Waals surface area contributed by atoms with E-state index >= 15 is 0 Å². The van der Waals surface area contributed by atoms with E-state index in [0.717, 1.165) is 26.9 Å². The minimum absolute atomic E-state index is 0.0577. The molecule has 2 aromatic carbocycles. The number of carbonyl (C=O) groups excluding carboxylic acids is 1. The van der Waals surface area contributed by atoms with Crippen LogP contribution in [0.4, 0.5) is 5.69 Å². The quantitative estimate of drug-likeness (QED) is 0.716. The molecule has 0 radical (unpaired) electrons. The van der Waals surface area contributed by atoms with Gasteiger partial charge in [-0.05, 0) is 60.7 Å². The standard InChI is InChI=1S/C20H24BrNO3/c1-12(2)15-10-16(21)14(4)9-19(15)25-11-20(23)22-17-8-13(3)6-7-18(17)24-5/h6-10,12H,11H2,1-5H3,(H,22,23). The van der Waals surface area contributed by atoms with E-state index in [-0.39, 0.29) is 12.5 Å². The summed E-state index contributed by atoms with van der Waals surface area (Å²) in [6.07, 6.45) is 0. The fourth-order valence-corrected chi connectivity index (χ4v) is 2.86. The van der Waals surface area contributed by atoms with Gasteiger partial charge in [-0.15, -0.1) is 0 Å². The number of benzene rings is 2.